The maximum absolute atomic E-state index is 9.53. The van der Waals surface area contributed by atoms with Crippen molar-refractivity contribution in [2.75, 3.05) is 27.4 Å². The molecule has 2 atom stereocenters. The number of aliphatic hydroxyl groups excluding tert-OH is 1. The predicted octanol–water partition coefficient (Wildman–Crippen LogP) is 1.95. The molecule has 2 unspecified atom stereocenters. The molecule has 1 N–H and O–H groups in total. The molecule has 0 aromatic heterocycles. The summed E-state index contributed by atoms with van der Waals surface area (Å²) in [5, 5.41) is 9.53. The van der Waals surface area contributed by atoms with Crippen LogP contribution in [0, 0.1) is 5.41 Å². The Labute approximate surface area is 107 Å². The minimum atomic E-state index is -0.485. The van der Waals surface area contributed by atoms with Gasteiger partial charge in [-0.3, -0.25) is 0 Å². The van der Waals surface area contributed by atoms with Crippen LogP contribution in [0.2, 0.25) is 0 Å². The first-order valence-electron chi connectivity index (χ1n) is 5.98. The van der Waals surface area contributed by atoms with Crippen LogP contribution >= 0.6 is 0 Å². The number of methoxy groups -OCH3 is 2. The summed E-state index contributed by atoms with van der Waals surface area (Å²) in [5.41, 5.74) is 0.247. The van der Waals surface area contributed by atoms with E-state index in [0.29, 0.717) is 18.1 Å². The van der Waals surface area contributed by atoms with Gasteiger partial charge in [-0.05, 0) is 24.6 Å². The molecule has 0 spiro atoms. The number of ether oxygens (including phenoxy) is 3. The van der Waals surface area contributed by atoms with E-state index < -0.39 is 5.60 Å². The second-order valence-corrected chi connectivity index (χ2v) is 5.11. The Kier molecular flexibility index (Phi) is 3.25. The molecule has 1 aromatic rings. The van der Waals surface area contributed by atoms with E-state index in [0.717, 1.165) is 5.56 Å². The molecule has 0 amide bonds. The van der Waals surface area contributed by atoms with Gasteiger partial charge in [-0.2, -0.15) is 0 Å². The molecule has 4 nitrogen and oxygen atoms in total. The lowest BCUT2D eigenvalue weighted by atomic mass is 9.67. The molecule has 0 bridgehead atoms. The molecule has 1 aliphatic heterocycles. The third kappa shape index (κ3) is 1.68. The zero-order chi connectivity index (χ0) is 13.4. The molecule has 18 heavy (non-hydrogen) atoms. The molecule has 1 heterocycles. The highest BCUT2D eigenvalue weighted by atomic mass is 16.5. The lowest BCUT2D eigenvalue weighted by Gasteiger charge is -2.55. The van der Waals surface area contributed by atoms with Crippen LogP contribution in [0.25, 0.3) is 0 Å². The van der Waals surface area contributed by atoms with Crippen molar-refractivity contribution in [3.8, 4) is 11.5 Å². The standard InChI is InChI=1S/C14H20O4/c1-13(8-15)9-18-14(13,2)10-5-6-11(16-3)12(7-10)17-4/h5-7,15H,8-9H2,1-4H3. The first kappa shape index (κ1) is 13.2. The first-order valence-corrected chi connectivity index (χ1v) is 5.98. The van der Waals surface area contributed by atoms with Crippen LogP contribution in [0.5, 0.6) is 11.5 Å². The summed E-state index contributed by atoms with van der Waals surface area (Å²) in [4.78, 5) is 0. The number of hydrogen-bond donors (Lipinski definition) is 1. The Balaban J connectivity index is 2.40. The van der Waals surface area contributed by atoms with Crippen LogP contribution in [-0.4, -0.2) is 32.5 Å². The monoisotopic (exact) mass is 252 g/mol. The van der Waals surface area contributed by atoms with Gasteiger partial charge in [-0.15, -0.1) is 0 Å². The Bertz CT molecular complexity index is 441. The van der Waals surface area contributed by atoms with Gasteiger partial charge < -0.3 is 19.3 Å². The van der Waals surface area contributed by atoms with E-state index in [1.54, 1.807) is 14.2 Å². The summed E-state index contributed by atoms with van der Waals surface area (Å²) in [5.74, 6) is 1.36. The molecular formula is C14H20O4. The molecule has 1 aliphatic rings. The highest BCUT2D eigenvalue weighted by Gasteiger charge is 2.55. The highest BCUT2D eigenvalue weighted by molar-refractivity contribution is 5.45. The normalized spacial score (nSPS) is 30.7. The number of benzene rings is 1. The molecular weight excluding hydrogens is 232 g/mol. The maximum atomic E-state index is 9.53. The van der Waals surface area contributed by atoms with Crippen molar-refractivity contribution in [2.45, 2.75) is 19.4 Å². The minimum absolute atomic E-state index is 0.0951. The van der Waals surface area contributed by atoms with E-state index in [1.165, 1.54) is 0 Å². The van der Waals surface area contributed by atoms with Gasteiger partial charge in [0.1, 0.15) is 5.60 Å². The fraction of sp³-hybridized carbons (Fsp3) is 0.571. The average molecular weight is 252 g/mol. The van der Waals surface area contributed by atoms with Crippen LogP contribution < -0.4 is 9.47 Å². The van der Waals surface area contributed by atoms with Crippen molar-refractivity contribution < 1.29 is 19.3 Å². The lowest BCUT2D eigenvalue weighted by Crippen LogP contribution is -2.59. The fourth-order valence-corrected chi connectivity index (χ4v) is 2.30. The molecule has 4 heteroatoms. The Morgan fingerprint density at radius 1 is 1.22 bits per heavy atom. The number of rotatable bonds is 4. The number of aliphatic hydroxyl groups is 1. The van der Waals surface area contributed by atoms with Crippen molar-refractivity contribution in [2.24, 2.45) is 5.41 Å². The maximum Gasteiger partial charge on any atom is 0.161 e. The summed E-state index contributed by atoms with van der Waals surface area (Å²) in [6.07, 6.45) is 0. The van der Waals surface area contributed by atoms with Crippen molar-refractivity contribution in [3.05, 3.63) is 23.8 Å². The summed E-state index contributed by atoms with van der Waals surface area (Å²) >= 11 is 0. The van der Waals surface area contributed by atoms with Crippen LogP contribution in [0.1, 0.15) is 19.4 Å². The van der Waals surface area contributed by atoms with Gasteiger partial charge in [0.15, 0.2) is 11.5 Å². The van der Waals surface area contributed by atoms with Gasteiger partial charge in [0, 0.05) is 5.41 Å². The van der Waals surface area contributed by atoms with E-state index in [4.69, 9.17) is 14.2 Å². The van der Waals surface area contributed by atoms with E-state index in [1.807, 2.05) is 32.0 Å². The second kappa shape index (κ2) is 4.44. The third-order valence-electron chi connectivity index (χ3n) is 4.11. The zero-order valence-corrected chi connectivity index (χ0v) is 11.3. The van der Waals surface area contributed by atoms with E-state index in [2.05, 4.69) is 0 Å². The lowest BCUT2D eigenvalue weighted by molar-refractivity contribution is -0.271. The van der Waals surface area contributed by atoms with E-state index >= 15 is 0 Å². The van der Waals surface area contributed by atoms with E-state index in [9.17, 15) is 5.11 Å². The minimum Gasteiger partial charge on any atom is -0.493 e. The molecule has 0 radical (unpaired) electrons. The van der Waals surface area contributed by atoms with E-state index in [-0.39, 0.29) is 12.0 Å². The van der Waals surface area contributed by atoms with Gasteiger partial charge in [-0.25, -0.2) is 0 Å². The van der Waals surface area contributed by atoms with Crippen LogP contribution in [0.3, 0.4) is 0 Å². The molecule has 0 aliphatic carbocycles. The summed E-state index contributed by atoms with van der Waals surface area (Å²) in [6.45, 7) is 4.67. The second-order valence-electron chi connectivity index (χ2n) is 5.11. The molecule has 1 aromatic carbocycles. The Hall–Kier alpha value is -1.26. The average Bonchev–Trinajstić information content (AvgIpc) is 2.43. The summed E-state index contributed by atoms with van der Waals surface area (Å²) < 4.78 is 16.2. The summed E-state index contributed by atoms with van der Waals surface area (Å²) in [6, 6.07) is 5.72. The topological polar surface area (TPSA) is 47.9 Å². The molecule has 1 fully saturated rings. The SMILES string of the molecule is COc1ccc(C2(C)OCC2(C)CO)cc1OC. The molecule has 2 rings (SSSR count). The van der Waals surface area contributed by atoms with Gasteiger partial charge in [0.2, 0.25) is 0 Å². The number of hydrogen-bond acceptors (Lipinski definition) is 4. The smallest absolute Gasteiger partial charge is 0.161 e. The molecule has 100 valence electrons. The quantitative estimate of drug-likeness (QED) is 0.889. The van der Waals surface area contributed by atoms with Crippen LogP contribution in [0.4, 0.5) is 0 Å². The summed E-state index contributed by atoms with van der Waals surface area (Å²) in [7, 11) is 3.22. The largest absolute Gasteiger partial charge is 0.493 e. The van der Waals surface area contributed by atoms with Gasteiger partial charge in [0.05, 0.1) is 27.4 Å². The first-order chi connectivity index (χ1) is 8.50. The van der Waals surface area contributed by atoms with Gasteiger partial charge in [-0.1, -0.05) is 13.0 Å². The van der Waals surface area contributed by atoms with Crippen molar-refractivity contribution in [1.29, 1.82) is 0 Å². The third-order valence-corrected chi connectivity index (χ3v) is 4.11. The molecule has 0 saturated carbocycles. The Morgan fingerprint density at radius 2 is 1.89 bits per heavy atom. The van der Waals surface area contributed by atoms with Crippen LogP contribution in [0.15, 0.2) is 18.2 Å². The fourth-order valence-electron chi connectivity index (χ4n) is 2.30. The zero-order valence-electron chi connectivity index (χ0n) is 11.3. The van der Waals surface area contributed by atoms with Gasteiger partial charge >= 0.3 is 0 Å². The van der Waals surface area contributed by atoms with Crippen LogP contribution in [-0.2, 0) is 10.3 Å². The molecule has 1 saturated heterocycles. The van der Waals surface area contributed by atoms with Crippen molar-refractivity contribution in [1.82, 2.24) is 0 Å². The van der Waals surface area contributed by atoms with Crippen molar-refractivity contribution in [3.63, 3.8) is 0 Å². The highest BCUT2D eigenvalue weighted by Crippen LogP contribution is 2.52. The Morgan fingerprint density at radius 3 is 2.33 bits per heavy atom. The predicted molar refractivity (Wildman–Crippen MR) is 68.0 cm³/mol. The van der Waals surface area contributed by atoms with Gasteiger partial charge in [0.25, 0.3) is 0 Å². The van der Waals surface area contributed by atoms with Crippen molar-refractivity contribution >= 4 is 0 Å².